The summed E-state index contributed by atoms with van der Waals surface area (Å²) in [6.07, 6.45) is -7.59. The number of halogens is 3. The second-order valence-electron chi connectivity index (χ2n) is 5.69. The Labute approximate surface area is 154 Å². The second kappa shape index (κ2) is 8.08. The van der Waals surface area contributed by atoms with Gasteiger partial charge in [-0.25, -0.2) is 9.59 Å². The summed E-state index contributed by atoms with van der Waals surface area (Å²) in [5.74, 6) is -4.24. The highest BCUT2D eigenvalue weighted by molar-refractivity contribution is 5.95. The van der Waals surface area contributed by atoms with E-state index in [1.807, 2.05) is 0 Å². The van der Waals surface area contributed by atoms with Crippen molar-refractivity contribution in [2.75, 3.05) is 0 Å². The molecular formula is C16H14F3N3O6. The van der Waals surface area contributed by atoms with Gasteiger partial charge in [-0.05, 0) is 18.1 Å². The number of hydrogen-bond acceptors (Lipinski definition) is 5. The van der Waals surface area contributed by atoms with Crippen molar-refractivity contribution < 1.29 is 42.9 Å². The standard InChI is InChI=1S/C16H14F3N3O6/c17-16(18,19)8-4-2-1-3-7(8)5-9(12(23)15(27)28)20-13(24)10-6-11(14(25)26)22-21-10/h1-4,6,9,12,23H,5H2,(H,20,24)(H,21,22)(H,25,26)(H,27,28)/t9-,12-/m1/s1. The smallest absolute Gasteiger partial charge is 0.416 e. The molecule has 0 saturated heterocycles. The Morgan fingerprint density at radius 1 is 1.18 bits per heavy atom. The van der Waals surface area contributed by atoms with E-state index in [1.54, 1.807) is 0 Å². The molecule has 0 aliphatic carbocycles. The molecule has 0 aliphatic rings. The van der Waals surface area contributed by atoms with Gasteiger partial charge in [0.2, 0.25) is 0 Å². The SMILES string of the molecule is O=C(N[C@H](Cc1ccccc1C(F)(F)F)[C@@H](O)C(=O)O)c1cc(C(=O)O)[nH]n1. The highest BCUT2D eigenvalue weighted by Crippen LogP contribution is 2.32. The highest BCUT2D eigenvalue weighted by atomic mass is 19.4. The third kappa shape index (κ3) is 4.85. The summed E-state index contributed by atoms with van der Waals surface area (Å²) in [5, 5.41) is 35.2. The van der Waals surface area contributed by atoms with Crippen LogP contribution in [0.4, 0.5) is 13.2 Å². The number of hydrogen-bond donors (Lipinski definition) is 5. The Kier molecular flexibility index (Phi) is 6.03. The first kappa shape index (κ1) is 20.9. The summed E-state index contributed by atoms with van der Waals surface area (Å²) < 4.78 is 39.4. The first-order valence-electron chi connectivity index (χ1n) is 7.66. The van der Waals surface area contributed by atoms with Crippen molar-refractivity contribution in [2.24, 2.45) is 0 Å². The van der Waals surface area contributed by atoms with Crippen LogP contribution in [0.1, 0.15) is 32.1 Å². The van der Waals surface area contributed by atoms with E-state index in [2.05, 4.69) is 15.5 Å². The lowest BCUT2D eigenvalue weighted by Gasteiger charge is -2.23. The van der Waals surface area contributed by atoms with Gasteiger partial charge >= 0.3 is 18.1 Å². The zero-order valence-corrected chi connectivity index (χ0v) is 13.9. The lowest BCUT2D eigenvalue weighted by atomic mass is 9.96. The van der Waals surface area contributed by atoms with Crippen LogP contribution in [0.3, 0.4) is 0 Å². The molecule has 0 saturated carbocycles. The Morgan fingerprint density at radius 2 is 1.82 bits per heavy atom. The molecule has 28 heavy (non-hydrogen) atoms. The van der Waals surface area contributed by atoms with E-state index >= 15 is 0 Å². The molecule has 2 rings (SSSR count). The predicted octanol–water partition coefficient (Wildman–Crippen LogP) is 0.913. The minimum absolute atomic E-state index is 0.339. The molecule has 5 N–H and O–H groups in total. The topological polar surface area (TPSA) is 153 Å². The Bertz CT molecular complexity index is 896. The quantitative estimate of drug-likeness (QED) is 0.462. The number of carbonyl (C=O) groups is 3. The molecule has 0 bridgehead atoms. The first-order valence-corrected chi connectivity index (χ1v) is 7.66. The second-order valence-corrected chi connectivity index (χ2v) is 5.69. The minimum atomic E-state index is -4.72. The number of alkyl halides is 3. The number of aliphatic hydroxyl groups is 1. The molecule has 1 heterocycles. The summed E-state index contributed by atoms with van der Waals surface area (Å²) in [5.41, 5.74) is -2.25. The molecule has 0 unspecified atom stereocenters. The number of aromatic nitrogens is 2. The van der Waals surface area contributed by atoms with Gasteiger partial charge < -0.3 is 20.6 Å². The molecule has 2 atom stereocenters. The van der Waals surface area contributed by atoms with E-state index in [1.165, 1.54) is 6.07 Å². The minimum Gasteiger partial charge on any atom is -0.479 e. The number of aromatic amines is 1. The van der Waals surface area contributed by atoms with E-state index in [-0.39, 0.29) is 5.56 Å². The number of carbonyl (C=O) groups excluding carboxylic acids is 1. The molecule has 1 amide bonds. The maximum atomic E-state index is 13.1. The molecule has 0 radical (unpaired) electrons. The Hall–Kier alpha value is -3.41. The van der Waals surface area contributed by atoms with Crippen LogP contribution in [0.15, 0.2) is 30.3 Å². The van der Waals surface area contributed by atoms with Crippen molar-refractivity contribution >= 4 is 17.8 Å². The molecule has 150 valence electrons. The normalized spacial score (nSPS) is 13.6. The number of nitrogens with one attached hydrogen (secondary N) is 2. The van der Waals surface area contributed by atoms with Gasteiger partial charge in [-0.3, -0.25) is 9.89 Å². The van der Waals surface area contributed by atoms with Crippen LogP contribution in [0.2, 0.25) is 0 Å². The fourth-order valence-electron chi connectivity index (χ4n) is 2.42. The molecule has 1 aromatic heterocycles. The third-order valence-electron chi connectivity index (χ3n) is 3.75. The summed E-state index contributed by atoms with van der Waals surface area (Å²) >= 11 is 0. The van der Waals surface area contributed by atoms with E-state index in [4.69, 9.17) is 10.2 Å². The molecule has 9 nitrogen and oxygen atoms in total. The molecule has 0 aliphatic heterocycles. The summed E-state index contributed by atoms with van der Waals surface area (Å²) in [7, 11) is 0. The largest absolute Gasteiger partial charge is 0.479 e. The first-order chi connectivity index (χ1) is 13.0. The Balaban J connectivity index is 2.29. The number of aromatic carboxylic acids is 1. The zero-order chi connectivity index (χ0) is 21.1. The fraction of sp³-hybridized carbons (Fsp3) is 0.250. The lowest BCUT2D eigenvalue weighted by Crippen LogP contribution is -2.48. The number of rotatable bonds is 7. The van der Waals surface area contributed by atoms with Crippen LogP contribution in [0.25, 0.3) is 0 Å². The molecule has 0 spiro atoms. The van der Waals surface area contributed by atoms with Gasteiger partial charge in [-0.1, -0.05) is 18.2 Å². The zero-order valence-electron chi connectivity index (χ0n) is 13.9. The monoisotopic (exact) mass is 401 g/mol. The van der Waals surface area contributed by atoms with Gasteiger partial charge in [0, 0.05) is 6.07 Å². The van der Waals surface area contributed by atoms with Gasteiger partial charge in [0.05, 0.1) is 11.6 Å². The number of nitrogens with zero attached hydrogens (tertiary/aromatic N) is 1. The summed E-state index contributed by atoms with van der Waals surface area (Å²) in [4.78, 5) is 34.1. The number of carboxylic acids is 2. The number of benzene rings is 1. The maximum absolute atomic E-state index is 13.1. The molecule has 0 fully saturated rings. The van der Waals surface area contributed by atoms with Crippen molar-refractivity contribution in [1.82, 2.24) is 15.5 Å². The van der Waals surface area contributed by atoms with Gasteiger partial charge in [0.25, 0.3) is 5.91 Å². The third-order valence-corrected chi connectivity index (χ3v) is 3.75. The number of aliphatic carboxylic acids is 1. The van der Waals surface area contributed by atoms with Crippen LogP contribution >= 0.6 is 0 Å². The number of H-pyrrole nitrogens is 1. The van der Waals surface area contributed by atoms with Gasteiger partial charge in [-0.15, -0.1) is 0 Å². The lowest BCUT2D eigenvalue weighted by molar-refractivity contribution is -0.148. The van der Waals surface area contributed by atoms with Crippen LogP contribution < -0.4 is 5.32 Å². The average Bonchev–Trinajstić information content (AvgIpc) is 3.10. The fourth-order valence-corrected chi connectivity index (χ4v) is 2.42. The van der Waals surface area contributed by atoms with Crippen LogP contribution in [-0.2, 0) is 17.4 Å². The number of amides is 1. The van der Waals surface area contributed by atoms with Crippen molar-refractivity contribution in [2.45, 2.75) is 24.7 Å². The van der Waals surface area contributed by atoms with Gasteiger partial charge in [-0.2, -0.15) is 18.3 Å². The molecule has 1 aromatic carbocycles. The summed E-state index contributed by atoms with van der Waals surface area (Å²) in [6.45, 7) is 0. The highest BCUT2D eigenvalue weighted by Gasteiger charge is 2.35. The van der Waals surface area contributed by atoms with Crippen molar-refractivity contribution in [1.29, 1.82) is 0 Å². The van der Waals surface area contributed by atoms with E-state index in [0.717, 1.165) is 24.3 Å². The number of carboxylic acid groups (broad SMARTS) is 2. The maximum Gasteiger partial charge on any atom is 0.416 e. The van der Waals surface area contributed by atoms with Crippen molar-refractivity contribution in [3.63, 3.8) is 0 Å². The van der Waals surface area contributed by atoms with Crippen molar-refractivity contribution in [3.05, 3.63) is 52.8 Å². The Morgan fingerprint density at radius 3 is 2.36 bits per heavy atom. The van der Waals surface area contributed by atoms with Crippen LogP contribution in [-0.4, -0.2) is 55.5 Å². The molecule has 2 aromatic rings. The molecule has 12 heteroatoms. The summed E-state index contributed by atoms with van der Waals surface area (Å²) in [6, 6.07) is 3.53. The van der Waals surface area contributed by atoms with Crippen LogP contribution in [0, 0.1) is 0 Å². The van der Waals surface area contributed by atoms with E-state index < -0.39 is 59.5 Å². The predicted molar refractivity (Wildman–Crippen MR) is 85.6 cm³/mol. The number of aliphatic hydroxyl groups excluding tert-OH is 1. The molecular weight excluding hydrogens is 387 g/mol. The van der Waals surface area contributed by atoms with Gasteiger partial charge in [0.1, 0.15) is 5.69 Å². The van der Waals surface area contributed by atoms with E-state index in [9.17, 15) is 32.7 Å². The van der Waals surface area contributed by atoms with Gasteiger partial charge in [0.15, 0.2) is 11.8 Å². The van der Waals surface area contributed by atoms with E-state index in [0.29, 0.717) is 0 Å². The van der Waals surface area contributed by atoms with Crippen molar-refractivity contribution in [3.8, 4) is 0 Å². The average molecular weight is 401 g/mol. The van der Waals surface area contributed by atoms with Crippen LogP contribution in [0.5, 0.6) is 0 Å².